The summed E-state index contributed by atoms with van der Waals surface area (Å²) in [6.07, 6.45) is 4.88. The highest BCUT2D eigenvalue weighted by Crippen LogP contribution is 2.19. The summed E-state index contributed by atoms with van der Waals surface area (Å²) in [6, 6.07) is 3.48. The summed E-state index contributed by atoms with van der Waals surface area (Å²) in [5, 5.41) is 0.807. The van der Waals surface area contributed by atoms with Crippen molar-refractivity contribution >= 4 is 16.9 Å². The highest BCUT2D eigenvalue weighted by Gasteiger charge is 2.10. The Balaban J connectivity index is 2.06. The summed E-state index contributed by atoms with van der Waals surface area (Å²) in [6.45, 7) is 0. The van der Waals surface area contributed by atoms with Gasteiger partial charge in [0.05, 0.1) is 11.6 Å². The van der Waals surface area contributed by atoms with E-state index in [2.05, 4.69) is 15.0 Å². The van der Waals surface area contributed by atoms with Crippen LogP contribution in [-0.4, -0.2) is 19.5 Å². The minimum absolute atomic E-state index is 0.291. The number of hydrogen-bond donors (Lipinski definition) is 1. The lowest BCUT2D eigenvalue weighted by Gasteiger charge is -2.05. The van der Waals surface area contributed by atoms with Crippen molar-refractivity contribution in [3.05, 3.63) is 47.9 Å². The molecule has 19 heavy (non-hydrogen) atoms. The second-order valence-electron chi connectivity index (χ2n) is 4.33. The van der Waals surface area contributed by atoms with E-state index in [0.717, 1.165) is 11.0 Å². The second-order valence-corrected chi connectivity index (χ2v) is 4.33. The Morgan fingerprint density at radius 2 is 2.16 bits per heavy atom. The van der Waals surface area contributed by atoms with E-state index in [9.17, 15) is 4.39 Å². The molecule has 0 amide bonds. The van der Waals surface area contributed by atoms with Crippen LogP contribution in [0.3, 0.4) is 0 Å². The average Bonchev–Trinajstić information content (AvgIpc) is 2.75. The quantitative estimate of drug-likeness (QED) is 0.758. The van der Waals surface area contributed by atoms with Crippen molar-refractivity contribution in [2.75, 3.05) is 5.73 Å². The van der Waals surface area contributed by atoms with Gasteiger partial charge in [-0.3, -0.25) is 4.98 Å². The highest BCUT2D eigenvalue weighted by atomic mass is 19.1. The fraction of sp³-hybridized carbons (Fsp3) is 0.154. The monoisotopic (exact) mass is 257 g/mol. The first-order valence-corrected chi connectivity index (χ1v) is 5.81. The van der Waals surface area contributed by atoms with E-state index in [-0.39, 0.29) is 5.82 Å². The number of halogens is 1. The van der Waals surface area contributed by atoms with Crippen molar-refractivity contribution in [1.29, 1.82) is 0 Å². The number of anilines is 1. The van der Waals surface area contributed by atoms with Gasteiger partial charge < -0.3 is 10.3 Å². The Labute approximate surface area is 108 Å². The molecule has 0 aliphatic rings. The SMILES string of the molecule is Cn1ccc2c(N)nc(Cc3ccncc3F)nc21. The van der Waals surface area contributed by atoms with Gasteiger partial charge in [-0.2, -0.15) is 0 Å². The molecular weight excluding hydrogens is 245 g/mol. The van der Waals surface area contributed by atoms with Crippen LogP contribution in [0.5, 0.6) is 0 Å². The molecule has 3 aromatic heterocycles. The fourth-order valence-corrected chi connectivity index (χ4v) is 2.00. The van der Waals surface area contributed by atoms with E-state index in [1.807, 2.05) is 23.9 Å². The Bertz CT molecular complexity index is 750. The van der Waals surface area contributed by atoms with Gasteiger partial charge in [0.2, 0.25) is 0 Å². The fourth-order valence-electron chi connectivity index (χ4n) is 2.00. The van der Waals surface area contributed by atoms with Crippen molar-refractivity contribution in [1.82, 2.24) is 19.5 Å². The number of nitrogens with two attached hydrogens (primary N) is 1. The Hall–Kier alpha value is -2.50. The van der Waals surface area contributed by atoms with Gasteiger partial charge in [-0.15, -0.1) is 0 Å². The zero-order chi connectivity index (χ0) is 13.4. The van der Waals surface area contributed by atoms with Crippen molar-refractivity contribution in [3.63, 3.8) is 0 Å². The molecular formula is C13H12FN5. The van der Waals surface area contributed by atoms with Gasteiger partial charge in [0.25, 0.3) is 0 Å². The van der Waals surface area contributed by atoms with Crippen LogP contribution in [0.1, 0.15) is 11.4 Å². The zero-order valence-corrected chi connectivity index (χ0v) is 10.3. The Morgan fingerprint density at radius 1 is 1.32 bits per heavy atom. The maximum Gasteiger partial charge on any atom is 0.145 e. The molecule has 0 saturated carbocycles. The van der Waals surface area contributed by atoms with Crippen LogP contribution >= 0.6 is 0 Å². The van der Waals surface area contributed by atoms with Crippen molar-refractivity contribution in [3.8, 4) is 0 Å². The standard InChI is InChI=1S/C13H12FN5/c1-19-5-3-9-12(15)17-11(18-13(9)19)6-8-2-4-16-7-10(8)14/h2-5,7H,6H2,1H3,(H2,15,17,18). The molecule has 0 aromatic carbocycles. The van der Waals surface area contributed by atoms with Gasteiger partial charge in [0, 0.05) is 25.9 Å². The minimum Gasteiger partial charge on any atom is -0.383 e. The molecule has 5 nitrogen and oxygen atoms in total. The number of rotatable bonds is 2. The maximum absolute atomic E-state index is 13.6. The van der Waals surface area contributed by atoms with E-state index in [1.54, 1.807) is 12.3 Å². The minimum atomic E-state index is -0.364. The van der Waals surface area contributed by atoms with Crippen LogP contribution in [0, 0.1) is 5.82 Å². The van der Waals surface area contributed by atoms with E-state index >= 15 is 0 Å². The van der Waals surface area contributed by atoms with Crippen molar-refractivity contribution in [2.24, 2.45) is 7.05 Å². The number of aromatic nitrogens is 4. The topological polar surface area (TPSA) is 69.6 Å². The molecule has 0 saturated heterocycles. The molecule has 96 valence electrons. The number of aryl methyl sites for hydroxylation is 1. The van der Waals surface area contributed by atoms with Crippen LogP contribution in [0.15, 0.2) is 30.7 Å². The number of nitrogen functional groups attached to an aromatic ring is 1. The summed E-state index contributed by atoms with van der Waals surface area (Å²) in [5.41, 5.74) is 7.14. The lowest BCUT2D eigenvalue weighted by molar-refractivity contribution is 0.605. The Morgan fingerprint density at radius 3 is 2.95 bits per heavy atom. The largest absolute Gasteiger partial charge is 0.383 e. The van der Waals surface area contributed by atoms with Crippen LogP contribution < -0.4 is 5.73 Å². The molecule has 0 spiro atoms. The first-order valence-electron chi connectivity index (χ1n) is 5.81. The summed E-state index contributed by atoms with van der Waals surface area (Å²) < 4.78 is 15.4. The predicted molar refractivity (Wildman–Crippen MR) is 69.9 cm³/mol. The van der Waals surface area contributed by atoms with E-state index in [4.69, 9.17) is 5.73 Å². The van der Waals surface area contributed by atoms with Gasteiger partial charge in [-0.1, -0.05) is 0 Å². The van der Waals surface area contributed by atoms with E-state index < -0.39 is 0 Å². The van der Waals surface area contributed by atoms with Crippen LogP contribution in [0.4, 0.5) is 10.2 Å². The smallest absolute Gasteiger partial charge is 0.145 e. The van der Waals surface area contributed by atoms with Crippen LogP contribution in [-0.2, 0) is 13.5 Å². The summed E-state index contributed by atoms with van der Waals surface area (Å²) in [4.78, 5) is 12.3. The van der Waals surface area contributed by atoms with Gasteiger partial charge in [0.15, 0.2) is 0 Å². The summed E-state index contributed by atoms with van der Waals surface area (Å²) in [5.74, 6) is 0.545. The van der Waals surface area contributed by atoms with Gasteiger partial charge in [-0.25, -0.2) is 14.4 Å². The average molecular weight is 257 g/mol. The molecule has 0 atom stereocenters. The molecule has 3 heterocycles. The first-order chi connectivity index (χ1) is 9.15. The molecule has 3 rings (SSSR count). The molecule has 2 N–H and O–H groups in total. The number of pyridine rings is 1. The second kappa shape index (κ2) is 4.31. The van der Waals surface area contributed by atoms with Crippen molar-refractivity contribution < 1.29 is 4.39 Å². The molecule has 6 heteroatoms. The third kappa shape index (κ3) is 2.01. The lowest BCUT2D eigenvalue weighted by Crippen LogP contribution is -2.04. The van der Waals surface area contributed by atoms with Crippen molar-refractivity contribution in [2.45, 2.75) is 6.42 Å². The normalized spacial score (nSPS) is 11.1. The van der Waals surface area contributed by atoms with Gasteiger partial charge in [0.1, 0.15) is 23.1 Å². The number of hydrogen-bond acceptors (Lipinski definition) is 4. The lowest BCUT2D eigenvalue weighted by atomic mass is 10.2. The zero-order valence-electron chi connectivity index (χ0n) is 10.3. The highest BCUT2D eigenvalue weighted by molar-refractivity contribution is 5.86. The van der Waals surface area contributed by atoms with E-state index in [1.165, 1.54) is 6.20 Å². The molecule has 0 aliphatic heterocycles. The Kier molecular flexibility index (Phi) is 2.63. The number of nitrogens with zero attached hydrogens (tertiary/aromatic N) is 4. The van der Waals surface area contributed by atoms with Gasteiger partial charge >= 0.3 is 0 Å². The molecule has 0 radical (unpaired) electrons. The molecule has 0 fully saturated rings. The molecule has 3 aromatic rings. The molecule has 0 bridgehead atoms. The first kappa shape index (κ1) is 11.6. The summed E-state index contributed by atoms with van der Waals surface area (Å²) in [7, 11) is 1.88. The molecule has 0 aliphatic carbocycles. The maximum atomic E-state index is 13.6. The number of fused-ring (bicyclic) bond motifs is 1. The third-order valence-corrected chi connectivity index (χ3v) is 3.01. The predicted octanol–water partition coefficient (Wildman–Crippen LogP) is 1.68. The van der Waals surface area contributed by atoms with Gasteiger partial charge in [-0.05, 0) is 17.7 Å². The van der Waals surface area contributed by atoms with Crippen LogP contribution in [0.2, 0.25) is 0 Å². The van der Waals surface area contributed by atoms with E-state index in [0.29, 0.717) is 23.6 Å². The van der Waals surface area contributed by atoms with Crippen LogP contribution in [0.25, 0.3) is 11.0 Å². The molecule has 0 unspecified atom stereocenters. The summed E-state index contributed by atoms with van der Waals surface area (Å²) >= 11 is 0. The third-order valence-electron chi connectivity index (χ3n) is 3.01.